The summed E-state index contributed by atoms with van der Waals surface area (Å²) in [6.07, 6.45) is 2.09. The Balaban J connectivity index is 1.87. The van der Waals surface area contributed by atoms with Gasteiger partial charge in [0, 0.05) is 0 Å². The van der Waals surface area contributed by atoms with E-state index in [1.54, 1.807) is 25.1 Å². The van der Waals surface area contributed by atoms with E-state index < -0.39 is 42.5 Å². The molecule has 9 nitrogen and oxygen atoms in total. The number of hydrogen-bond acceptors (Lipinski definition) is 6. The number of anilines is 1. The van der Waals surface area contributed by atoms with Crippen molar-refractivity contribution in [2.75, 3.05) is 18.5 Å². The minimum Gasteiger partial charge on any atom is -0.454 e. The smallest absolute Gasteiger partial charge is 0.326 e. The van der Waals surface area contributed by atoms with Crippen LogP contribution < -0.4 is 10.6 Å². The zero-order chi connectivity index (χ0) is 20.7. The van der Waals surface area contributed by atoms with E-state index in [0.29, 0.717) is 12.1 Å². The van der Waals surface area contributed by atoms with E-state index in [0.717, 1.165) is 17.7 Å². The summed E-state index contributed by atoms with van der Waals surface area (Å²) in [5.41, 5.74) is -0.467. The van der Waals surface area contributed by atoms with Crippen molar-refractivity contribution in [2.24, 2.45) is 0 Å². The highest BCUT2D eigenvalue weighted by molar-refractivity contribution is 6.08. The van der Waals surface area contributed by atoms with Crippen LogP contribution in [0.3, 0.4) is 0 Å². The van der Waals surface area contributed by atoms with Crippen LogP contribution in [-0.4, -0.2) is 47.4 Å². The first kappa shape index (κ1) is 20.9. The van der Waals surface area contributed by atoms with E-state index in [9.17, 15) is 19.2 Å². The van der Waals surface area contributed by atoms with Gasteiger partial charge in [0.2, 0.25) is 0 Å². The highest BCUT2D eigenvalue weighted by Crippen LogP contribution is 2.23. The number of nitrogens with zero attached hydrogens (tertiary/aromatic N) is 2. The number of ether oxygens (including phenoxy) is 1. The van der Waals surface area contributed by atoms with E-state index >= 15 is 0 Å². The zero-order valence-corrected chi connectivity index (χ0v) is 15.8. The second kappa shape index (κ2) is 8.99. The predicted octanol–water partition coefficient (Wildman–Crippen LogP) is 1.54. The fourth-order valence-electron chi connectivity index (χ4n) is 2.79. The van der Waals surface area contributed by atoms with E-state index in [2.05, 4.69) is 10.6 Å². The molecule has 0 aromatic heterocycles. The minimum atomic E-state index is -1.04. The Bertz CT molecular complexity index is 832. The Morgan fingerprint density at radius 2 is 2.04 bits per heavy atom. The average Bonchev–Trinajstić information content (AvgIpc) is 2.88. The number of esters is 1. The summed E-state index contributed by atoms with van der Waals surface area (Å²) in [5.74, 6) is -2.01. The second-order valence-corrected chi connectivity index (χ2v) is 6.62. The molecule has 1 aliphatic heterocycles. The Morgan fingerprint density at radius 3 is 2.71 bits per heavy atom. The van der Waals surface area contributed by atoms with Gasteiger partial charge in [-0.15, -0.1) is 0 Å². The van der Waals surface area contributed by atoms with E-state index in [1.165, 1.54) is 6.07 Å². The number of nitrogens with one attached hydrogen (secondary N) is 2. The van der Waals surface area contributed by atoms with E-state index in [4.69, 9.17) is 10.00 Å². The van der Waals surface area contributed by atoms with Crippen LogP contribution in [0, 0.1) is 11.3 Å². The van der Waals surface area contributed by atoms with Gasteiger partial charge in [0.15, 0.2) is 6.61 Å². The maximum Gasteiger partial charge on any atom is 0.326 e. The second-order valence-electron chi connectivity index (χ2n) is 6.62. The first-order valence-corrected chi connectivity index (χ1v) is 8.89. The molecule has 2 N–H and O–H groups in total. The molecule has 28 heavy (non-hydrogen) atoms. The van der Waals surface area contributed by atoms with Gasteiger partial charge < -0.3 is 15.4 Å². The fourth-order valence-corrected chi connectivity index (χ4v) is 2.79. The Morgan fingerprint density at radius 1 is 1.32 bits per heavy atom. The normalized spacial score (nSPS) is 18.4. The highest BCUT2D eigenvalue weighted by atomic mass is 16.5. The molecule has 148 valence electrons. The average molecular weight is 386 g/mol. The molecule has 0 spiro atoms. The lowest BCUT2D eigenvalue weighted by Gasteiger charge is -2.21. The molecule has 2 rings (SSSR count). The monoisotopic (exact) mass is 386 g/mol. The predicted molar refractivity (Wildman–Crippen MR) is 98.9 cm³/mol. The summed E-state index contributed by atoms with van der Waals surface area (Å²) in [6.45, 7) is 2.41. The Kier molecular flexibility index (Phi) is 6.71. The number of nitriles is 1. The molecule has 1 fully saturated rings. The number of carbonyl (C=O) groups excluding carboxylic acids is 4. The molecule has 1 heterocycles. The topological polar surface area (TPSA) is 129 Å². The number of carbonyl (C=O) groups is 4. The lowest BCUT2D eigenvalue weighted by Crippen LogP contribution is -2.44. The molecule has 1 aromatic rings. The van der Waals surface area contributed by atoms with Crippen molar-refractivity contribution >= 4 is 29.5 Å². The summed E-state index contributed by atoms with van der Waals surface area (Å²) in [5, 5.41) is 14.1. The van der Waals surface area contributed by atoms with Crippen LogP contribution >= 0.6 is 0 Å². The van der Waals surface area contributed by atoms with Crippen molar-refractivity contribution in [2.45, 2.75) is 38.6 Å². The molecule has 0 aliphatic carbocycles. The van der Waals surface area contributed by atoms with Gasteiger partial charge >= 0.3 is 12.0 Å². The summed E-state index contributed by atoms with van der Waals surface area (Å²) >= 11 is 0. The third-order valence-electron chi connectivity index (χ3n) is 4.35. The molecule has 0 bridgehead atoms. The van der Waals surface area contributed by atoms with E-state index in [1.807, 2.05) is 13.0 Å². The fraction of sp³-hybridized carbons (Fsp3) is 0.421. The molecule has 1 saturated heterocycles. The van der Waals surface area contributed by atoms with Crippen molar-refractivity contribution in [1.82, 2.24) is 10.2 Å². The van der Waals surface area contributed by atoms with Gasteiger partial charge in [0.25, 0.3) is 11.8 Å². The van der Waals surface area contributed by atoms with Gasteiger partial charge in [0.05, 0.1) is 11.3 Å². The van der Waals surface area contributed by atoms with Gasteiger partial charge in [-0.1, -0.05) is 31.9 Å². The molecule has 0 unspecified atom stereocenters. The third kappa shape index (κ3) is 4.85. The van der Waals surface area contributed by atoms with Crippen molar-refractivity contribution < 1.29 is 23.9 Å². The lowest BCUT2D eigenvalue weighted by atomic mass is 9.95. The van der Waals surface area contributed by atoms with Crippen LogP contribution in [-0.2, 0) is 19.1 Å². The van der Waals surface area contributed by atoms with Crippen LogP contribution in [0.25, 0.3) is 0 Å². The van der Waals surface area contributed by atoms with Gasteiger partial charge in [-0.3, -0.25) is 19.3 Å². The van der Waals surface area contributed by atoms with Crippen LogP contribution in [0.5, 0.6) is 0 Å². The molecule has 9 heteroatoms. The third-order valence-corrected chi connectivity index (χ3v) is 4.35. The number of hydrogen-bond donors (Lipinski definition) is 2. The number of imide groups is 1. The van der Waals surface area contributed by atoms with Crippen LogP contribution in [0.2, 0.25) is 0 Å². The number of benzene rings is 1. The van der Waals surface area contributed by atoms with Gasteiger partial charge in [-0.05, 0) is 25.5 Å². The van der Waals surface area contributed by atoms with Crippen LogP contribution in [0.15, 0.2) is 24.3 Å². The Hall–Kier alpha value is -3.41. The van der Waals surface area contributed by atoms with Gasteiger partial charge in [0.1, 0.15) is 18.2 Å². The van der Waals surface area contributed by atoms with Gasteiger partial charge in [-0.2, -0.15) is 5.26 Å². The Labute approximate surface area is 162 Å². The lowest BCUT2D eigenvalue weighted by molar-refractivity contribution is -0.150. The summed E-state index contributed by atoms with van der Waals surface area (Å²) in [6, 6.07) is 7.66. The summed E-state index contributed by atoms with van der Waals surface area (Å²) in [7, 11) is 0. The SMILES string of the molecule is CCCC[C@]1(C)NC(=O)N(CC(=O)OCC(=O)Nc2ccccc2C#N)C1=O. The molecule has 1 aromatic carbocycles. The number of urea groups is 1. The molecular weight excluding hydrogens is 364 g/mol. The highest BCUT2D eigenvalue weighted by Gasteiger charge is 2.47. The van der Waals surface area contributed by atoms with Crippen LogP contribution in [0.4, 0.5) is 10.5 Å². The molecule has 1 atom stereocenters. The van der Waals surface area contributed by atoms with Crippen LogP contribution in [0.1, 0.15) is 38.7 Å². The maximum atomic E-state index is 12.5. The standard InChI is InChI=1S/C19H22N4O5/c1-3-4-9-19(2)17(26)23(18(27)22-19)11-16(25)28-12-15(24)21-14-8-6-5-7-13(14)10-20/h5-8H,3-4,9,11-12H2,1-2H3,(H,21,24)(H,22,27)/t19-/m0/s1. The van der Waals surface area contributed by atoms with Gasteiger partial charge in [-0.25, -0.2) is 4.79 Å². The van der Waals surface area contributed by atoms with Crippen molar-refractivity contribution in [3.05, 3.63) is 29.8 Å². The minimum absolute atomic E-state index is 0.271. The first-order valence-electron chi connectivity index (χ1n) is 8.89. The quantitative estimate of drug-likeness (QED) is 0.515. The van der Waals surface area contributed by atoms with Crippen molar-refractivity contribution in [3.8, 4) is 6.07 Å². The molecular formula is C19H22N4O5. The molecule has 1 aliphatic rings. The molecule has 0 saturated carbocycles. The number of amides is 4. The number of unbranched alkanes of at least 4 members (excludes halogenated alkanes) is 1. The molecule has 0 radical (unpaired) electrons. The van der Waals surface area contributed by atoms with E-state index in [-0.39, 0.29) is 5.56 Å². The number of rotatable bonds is 8. The van der Waals surface area contributed by atoms with Crippen molar-refractivity contribution in [1.29, 1.82) is 5.26 Å². The largest absolute Gasteiger partial charge is 0.454 e. The summed E-state index contributed by atoms with van der Waals surface area (Å²) in [4.78, 5) is 49.2. The first-order chi connectivity index (χ1) is 13.3. The van der Waals surface area contributed by atoms with Crippen molar-refractivity contribution in [3.63, 3.8) is 0 Å². The zero-order valence-electron chi connectivity index (χ0n) is 15.8. The molecule has 4 amide bonds. The maximum absolute atomic E-state index is 12.5. The number of para-hydroxylation sites is 1. The summed E-state index contributed by atoms with van der Waals surface area (Å²) < 4.78 is 4.85.